The predicted octanol–water partition coefficient (Wildman–Crippen LogP) is 3.17. The minimum absolute atomic E-state index is 0.0137. The van der Waals surface area contributed by atoms with Crippen molar-refractivity contribution in [2.75, 3.05) is 40.8 Å². The van der Waals surface area contributed by atoms with Crippen LogP contribution in [-0.4, -0.2) is 64.4 Å². The third-order valence-corrected chi connectivity index (χ3v) is 7.72. The van der Waals surface area contributed by atoms with E-state index in [0.29, 0.717) is 24.7 Å². The summed E-state index contributed by atoms with van der Waals surface area (Å²) in [5.74, 6) is -0.134. The summed E-state index contributed by atoms with van der Waals surface area (Å²) in [4.78, 5) is 14.9. The van der Waals surface area contributed by atoms with Crippen LogP contribution in [0.2, 0.25) is 5.02 Å². The van der Waals surface area contributed by atoms with Crippen molar-refractivity contribution in [3.63, 3.8) is 0 Å². The third kappa shape index (κ3) is 5.20. The smallest absolute Gasteiger partial charge is 0.251 e. The van der Waals surface area contributed by atoms with Gasteiger partial charge in [-0.1, -0.05) is 29.8 Å². The monoisotopic (exact) mass is 465 g/mol. The Morgan fingerprint density at radius 2 is 1.87 bits per heavy atom. The number of nitrogens with zero attached hydrogens (tertiary/aromatic N) is 2. The number of hydrogen-bond donors (Lipinski definition) is 1. The molecule has 0 spiro atoms. The second-order valence-corrected chi connectivity index (χ2v) is 10.0. The Morgan fingerprint density at radius 1 is 1.19 bits per heavy atom. The van der Waals surface area contributed by atoms with Gasteiger partial charge in [0.1, 0.15) is 10.6 Å². The van der Waals surface area contributed by atoms with Gasteiger partial charge >= 0.3 is 0 Å². The van der Waals surface area contributed by atoms with Crippen molar-refractivity contribution in [2.45, 2.75) is 23.8 Å². The quantitative estimate of drug-likeness (QED) is 0.647. The Bertz CT molecular complexity index is 1040. The molecule has 1 heterocycles. The molecule has 0 saturated carbocycles. The minimum atomic E-state index is -3.73. The maximum atomic E-state index is 13.1. The van der Waals surface area contributed by atoms with Crippen molar-refractivity contribution >= 4 is 27.5 Å². The van der Waals surface area contributed by atoms with Gasteiger partial charge in [0, 0.05) is 30.2 Å². The Morgan fingerprint density at radius 3 is 2.48 bits per heavy atom. The fraction of sp³-hybridized carbons (Fsp3) is 0.409. The van der Waals surface area contributed by atoms with Crippen LogP contribution in [0.15, 0.2) is 47.4 Å². The van der Waals surface area contributed by atoms with Crippen molar-refractivity contribution in [3.05, 3.63) is 58.6 Å². The lowest BCUT2D eigenvalue weighted by Crippen LogP contribution is -2.35. The summed E-state index contributed by atoms with van der Waals surface area (Å²) >= 11 is 6.34. The summed E-state index contributed by atoms with van der Waals surface area (Å²) in [6.45, 7) is 1.27. The van der Waals surface area contributed by atoms with Crippen LogP contribution in [0.1, 0.15) is 34.8 Å². The molecule has 31 heavy (non-hydrogen) atoms. The fourth-order valence-corrected chi connectivity index (χ4v) is 5.65. The summed E-state index contributed by atoms with van der Waals surface area (Å²) in [6, 6.07) is 11.8. The summed E-state index contributed by atoms with van der Waals surface area (Å²) in [7, 11) is 1.51. The summed E-state index contributed by atoms with van der Waals surface area (Å²) in [5.41, 5.74) is 1.16. The van der Waals surface area contributed by atoms with Crippen molar-refractivity contribution < 1.29 is 17.9 Å². The maximum Gasteiger partial charge on any atom is 0.251 e. The normalized spacial score (nSPS) is 15.8. The van der Waals surface area contributed by atoms with Crippen LogP contribution in [-0.2, 0) is 10.0 Å². The Balaban J connectivity index is 1.82. The number of likely N-dealkylation sites (N-methyl/N-ethyl adjacent to an activating group) is 1. The van der Waals surface area contributed by atoms with Gasteiger partial charge in [0.05, 0.1) is 13.2 Å². The van der Waals surface area contributed by atoms with E-state index in [1.54, 1.807) is 6.07 Å². The van der Waals surface area contributed by atoms with E-state index in [1.165, 1.54) is 23.5 Å². The molecule has 0 unspecified atom stereocenters. The highest BCUT2D eigenvalue weighted by Crippen LogP contribution is 2.30. The maximum absolute atomic E-state index is 13.1. The zero-order valence-corrected chi connectivity index (χ0v) is 19.5. The number of methoxy groups -OCH3 is 1. The van der Waals surface area contributed by atoms with E-state index >= 15 is 0 Å². The molecule has 9 heteroatoms. The molecule has 0 aromatic heterocycles. The van der Waals surface area contributed by atoms with E-state index in [-0.39, 0.29) is 28.2 Å². The van der Waals surface area contributed by atoms with E-state index in [1.807, 2.05) is 43.3 Å². The largest absolute Gasteiger partial charge is 0.495 e. The first-order valence-electron chi connectivity index (χ1n) is 10.1. The van der Waals surface area contributed by atoms with Gasteiger partial charge in [-0.3, -0.25) is 4.79 Å². The molecular formula is C22H28ClN3O4S. The van der Waals surface area contributed by atoms with Crippen LogP contribution in [0.3, 0.4) is 0 Å². The molecule has 1 saturated heterocycles. The van der Waals surface area contributed by atoms with Crippen LogP contribution in [0.4, 0.5) is 0 Å². The average molecular weight is 466 g/mol. The summed E-state index contributed by atoms with van der Waals surface area (Å²) in [5, 5.41) is 3.53. The zero-order valence-electron chi connectivity index (χ0n) is 18.0. The topological polar surface area (TPSA) is 79.0 Å². The Kier molecular flexibility index (Phi) is 7.59. The van der Waals surface area contributed by atoms with Gasteiger partial charge in [-0.2, -0.15) is 4.31 Å². The van der Waals surface area contributed by atoms with Crippen LogP contribution in [0.25, 0.3) is 0 Å². The molecule has 1 aliphatic rings. The number of ether oxygens (including phenoxy) is 1. The van der Waals surface area contributed by atoms with Crippen LogP contribution in [0.5, 0.6) is 5.75 Å². The number of carbonyl (C=O) groups excluding carboxylic acids is 1. The number of rotatable bonds is 8. The van der Waals surface area contributed by atoms with E-state index < -0.39 is 10.0 Å². The molecule has 7 nitrogen and oxygen atoms in total. The van der Waals surface area contributed by atoms with Gasteiger partial charge in [-0.15, -0.1) is 0 Å². The summed E-state index contributed by atoms with van der Waals surface area (Å²) in [6.07, 6.45) is 1.66. The molecule has 1 N–H and O–H groups in total. The first-order valence-corrected chi connectivity index (χ1v) is 11.9. The third-order valence-electron chi connectivity index (χ3n) is 5.45. The summed E-state index contributed by atoms with van der Waals surface area (Å²) < 4.78 is 32.8. The van der Waals surface area contributed by atoms with E-state index in [4.69, 9.17) is 16.3 Å². The Hall–Kier alpha value is -2.13. The highest BCUT2D eigenvalue weighted by molar-refractivity contribution is 7.89. The zero-order chi connectivity index (χ0) is 22.6. The lowest BCUT2D eigenvalue weighted by molar-refractivity contribution is 0.0941. The van der Waals surface area contributed by atoms with E-state index in [2.05, 4.69) is 5.32 Å². The molecular weight excluding hydrogens is 438 g/mol. The molecule has 0 bridgehead atoms. The molecule has 0 radical (unpaired) electrons. The van der Waals surface area contributed by atoms with Gasteiger partial charge in [-0.25, -0.2) is 8.42 Å². The second kappa shape index (κ2) is 9.99. The number of sulfonamides is 1. The highest BCUT2D eigenvalue weighted by Gasteiger charge is 2.30. The first kappa shape index (κ1) is 23.5. The lowest BCUT2D eigenvalue weighted by Gasteiger charge is -2.26. The van der Waals surface area contributed by atoms with Crippen LogP contribution < -0.4 is 10.1 Å². The van der Waals surface area contributed by atoms with Gasteiger partial charge in [0.2, 0.25) is 10.0 Å². The molecule has 1 atom stereocenters. The second-order valence-electron chi connectivity index (χ2n) is 7.69. The number of amides is 1. The molecule has 1 amide bonds. The number of nitrogens with one attached hydrogen (secondary N) is 1. The van der Waals surface area contributed by atoms with Crippen molar-refractivity contribution in [1.82, 2.24) is 14.5 Å². The molecule has 2 aromatic carbocycles. The molecule has 3 rings (SSSR count). The molecule has 0 aliphatic carbocycles. The van der Waals surface area contributed by atoms with Crippen LogP contribution >= 0.6 is 11.6 Å². The number of carbonyl (C=O) groups is 1. The number of hydrogen-bond acceptors (Lipinski definition) is 5. The van der Waals surface area contributed by atoms with E-state index in [9.17, 15) is 13.2 Å². The average Bonchev–Trinajstić information content (AvgIpc) is 3.30. The SMILES string of the molecule is COc1ccc(C(=O)NC[C@H](c2ccccc2Cl)N(C)C)cc1S(=O)(=O)N1CCCC1. The van der Waals surface area contributed by atoms with Crippen molar-refractivity contribution in [3.8, 4) is 5.75 Å². The van der Waals surface area contributed by atoms with E-state index in [0.717, 1.165) is 18.4 Å². The van der Waals surface area contributed by atoms with Crippen molar-refractivity contribution in [1.29, 1.82) is 0 Å². The van der Waals surface area contributed by atoms with Gasteiger partial charge < -0.3 is 15.0 Å². The molecule has 168 valence electrons. The van der Waals surface area contributed by atoms with Gasteiger partial charge in [-0.05, 0) is 56.8 Å². The lowest BCUT2D eigenvalue weighted by atomic mass is 10.1. The van der Waals surface area contributed by atoms with Gasteiger partial charge in [0.25, 0.3) is 5.91 Å². The number of benzene rings is 2. The first-order chi connectivity index (χ1) is 14.8. The molecule has 2 aromatic rings. The Labute approximate surface area is 189 Å². The number of halogens is 1. The highest BCUT2D eigenvalue weighted by atomic mass is 35.5. The minimum Gasteiger partial charge on any atom is -0.495 e. The van der Waals surface area contributed by atoms with Gasteiger partial charge in [0.15, 0.2) is 0 Å². The standard InChI is InChI=1S/C22H28ClN3O4S/c1-25(2)19(17-8-4-5-9-18(17)23)15-24-22(27)16-10-11-20(30-3)21(14-16)31(28,29)26-12-6-7-13-26/h4-5,8-11,14,19H,6-7,12-13,15H2,1-3H3,(H,24,27)/t19-/m1/s1. The molecule has 1 fully saturated rings. The predicted molar refractivity (Wildman–Crippen MR) is 121 cm³/mol. The molecule has 1 aliphatic heterocycles. The fourth-order valence-electron chi connectivity index (χ4n) is 3.69. The van der Waals surface area contributed by atoms with Crippen LogP contribution in [0, 0.1) is 0 Å². The van der Waals surface area contributed by atoms with Crippen molar-refractivity contribution in [2.24, 2.45) is 0 Å².